The number of benzene rings is 1. The van der Waals surface area contributed by atoms with Gasteiger partial charge in [0.1, 0.15) is 0 Å². The Hall–Kier alpha value is -1.42. The van der Waals surface area contributed by atoms with Crippen molar-refractivity contribution in [3.8, 4) is 0 Å². The summed E-state index contributed by atoms with van der Waals surface area (Å²) in [5.74, 6) is 0. The van der Waals surface area contributed by atoms with E-state index in [-0.39, 0.29) is 6.04 Å². The van der Waals surface area contributed by atoms with Crippen molar-refractivity contribution in [2.24, 2.45) is 5.73 Å². The zero-order chi connectivity index (χ0) is 14.4. The van der Waals surface area contributed by atoms with Crippen LogP contribution in [0.4, 0.5) is 0 Å². The second kappa shape index (κ2) is 7.39. The molecule has 1 heterocycles. The molecule has 0 radical (unpaired) electrons. The third kappa shape index (κ3) is 4.60. The van der Waals surface area contributed by atoms with Gasteiger partial charge in [-0.2, -0.15) is 0 Å². The van der Waals surface area contributed by atoms with Crippen LogP contribution in [-0.4, -0.2) is 23.5 Å². The standard InChI is InChI=1S/C16H20ClN3/c1-20(12-13-3-2-9-19-11-13)10-8-16(18)14-4-6-15(17)7-5-14/h2-7,9,11,16H,8,10,12,18H2,1H3. The molecule has 106 valence electrons. The monoisotopic (exact) mass is 289 g/mol. The van der Waals surface area contributed by atoms with Gasteiger partial charge in [-0.25, -0.2) is 0 Å². The lowest BCUT2D eigenvalue weighted by atomic mass is 10.0. The number of nitrogens with zero attached hydrogens (tertiary/aromatic N) is 2. The Morgan fingerprint density at radius 2 is 2.00 bits per heavy atom. The normalized spacial score (nSPS) is 12.6. The van der Waals surface area contributed by atoms with E-state index in [1.807, 2.05) is 36.5 Å². The number of rotatable bonds is 6. The molecule has 2 rings (SSSR count). The van der Waals surface area contributed by atoms with Crippen molar-refractivity contribution < 1.29 is 0 Å². The summed E-state index contributed by atoms with van der Waals surface area (Å²) in [6.07, 6.45) is 4.61. The fraction of sp³-hybridized carbons (Fsp3) is 0.312. The van der Waals surface area contributed by atoms with E-state index < -0.39 is 0 Å². The molecular formula is C16H20ClN3. The summed E-state index contributed by atoms with van der Waals surface area (Å²) in [5.41, 5.74) is 8.55. The maximum Gasteiger partial charge on any atom is 0.0406 e. The van der Waals surface area contributed by atoms with Crippen LogP contribution in [0, 0.1) is 0 Å². The molecule has 3 nitrogen and oxygen atoms in total. The molecular weight excluding hydrogens is 270 g/mol. The van der Waals surface area contributed by atoms with Crippen molar-refractivity contribution in [1.82, 2.24) is 9.88 Å². The van der Waals surface area contributed by atoms with Gasteiger partial charge in [-0.05, 0) is 49.3 Å². The van der Waals surface area contributed by atoms with Crippen LogP contribution in [-0.2, 0) is 6.54 Å². The van der Waals surface area contributed by atoms with Crippen LogP contribution in [0.5, 0.6) is 0 Å². The summed E-state index contributed by atoms with van der Waals surface area (Å²) in [7, 11) is 2.10. The quantitative estimate of drug-likeness (QED) is 0.887. The van der Waals surface area contributed by atoms with E-state index in [1.165, 1.54) is 5.56 Å². The van der Waals surface area contributed by atoms with Gasteiger partial charge in [-0.15, -0.1) is 0 Å². The van der Waals surface area contributed by atoms with Gasteiger partial charge in [0.25, 0.3) is 0 Å². The molecule has 1 aromatic heterocycles. The molecule has 1 aromatic carbocycles. The summed E-state index contributed by atoms with van der Waals surface area (Å²) in [6.45, 7) is 1.83. The first-order valence-corrected chi connectivity index (χ1v) is 7.11. The van der Waals surface area contributed by atoms with Crippen molar-refractivity contribution in [1.29, 1.82) is 0 Å². The average molecular weight is 290 g/mol. The lowest BCUT2D eigenvalue weighted by molar-refractivity contribution is 0.311. The number of nitrogens with two attached hydrogens (primary N) is 1. The first-order valence-electron chi connectivity index (χ1n) is 6.73. The topological polar surface area (TPSA) is 42.1 Å². The zero-order valence-corrected chi connectivity index (χ0v) is 12.4. The first kappa shape index (κ1) is 15.0. The van der Waals surface area contributed by atoms with Crippen molar-refractivity contribution in [3.05, 3.63) is 64.9 Å². The number of pyridine rings is 1. The second-order valence-electron chi connectivity index (χ2n) is 5.05. The van der Waals surface area contributed by atoms with Gasteiger partial charge >= 0.3 is 0 Å². The molecule has 0 amide bonds. The summed E-state index contributed by atoms with van der Waals surface area (Å²) < 4.78 is 0. The van der Waals surface area contributed by atoms with Crippen molar-refractivity contribution >= 4 is 11.6 Å². The summed E-state index contributed by atoms with van der Waals surface area (Å²) >= 11 is 5.88. The summed E-state index contributed by atoms with van der Waals surface area (Å²) in [6, 6.07) is 11.9. The Balaban J connectivity index is 1.81. The van der Waals surface area contributed by atoms with E-state index in [0.29, 0.717) is 0 Å². The number of hydrogen-bond donors (Lipinski definition) is 1. The Morgan fingerprint density at radius 1 is 1.25 bits per heavy atom. The van der Waals surface area contributed by atoms with Gasteiger partial charge in [0, 0.05) is 30.0 Å². The predicted octanol–water partition coefficient (Wildman–Crippen LogP) is 3.26. The molecule has 2 aromatic rings. The minimum Gasteiger partial charge on any atom is -0.324 e. The largest absolute Gasteiger partial charge is 0.324 e. The molecule has 20 heavy (non-hydrogen) atoms. The molecule has 0 spiro atoms. The summed E-state index contributed by atoms with van der Waals surface area (Å²) in [4.78, 5) is 6.38. The van der Waals surface area contributed by atoms with Crippen LogP contribution in [0.3, 0.4) is 0 Å². The van der Waals surface area contributed by atoms with Gasteiger partial charge in [0.2, 0.25) is 0 Å². The van der Waals surface area contributed by atoms with E-state index in [4.69, 9.17) is 17.3 Å². The highest BCUT2D eigenvalue weighted by molar-refractivity contribution is 6.30. The van der Waals surface area contributed by atoms with Crippen LogP contribution < -0.4 is 5.73 Å². The Bertz CT molecular complexity index is 513. The number of aromatic nitrogens is 1. The molecule has 4 heteroatoms. The van der Waals surface area contributed by atoms with Gasteiger partial charge in [0.05, 0.1) is 0 Å². The fourth-order valence-electron chi connectivity index (χ4n) is 2.12. The van der Waals surface area contributed by atoms with E-state index in [0.717, 1.165) is 30.1 Å². The predicted molar refractivity (Wildman–Crippen MR) is 83.6 cm³/mol. The minimum atomic E-state index is 0.0450. The molecule has 2 N–H and O–H groups in total. The van der Waals surface area contributed by atoms with Crippen molar-refractivity contribution in [2.45, 2.75) is 19.0 Å². The minimum absolute atomic E-state index is 0.0450. The molecule has 1 unspecified atom stereocenters. The van der Waals surface area contributed by atoms with Crippen LogP contribution >= 0.6 is 11.6 Å². The highest BCUT2D eigenvalue weighted by atomic mass is 35.5. The molecule has 0 aliphatic carbocycles. The molecule has 0 aliphatic rings. The highest BCUT2D eigenvalue weighted by Crippen LogP contribution is 2.17. The van der Waals surface area contributed by atoms with Crippen LogP contribution in [0.2, 0.25) is 5.02 Å². The number of hydrogen-bond acceptors (Lipinski definition) is 3. The van der Waals surface area contributed by atoms with E-state index in [1.54, 1.807) is 6.20 Å². The van der Waals surface area contributed by atoms with Crippen molar-refractivity contribution in [2.75, 3.05) is 13.6 Å². The van der Waals surface area contributed by atoms with Crippen LogP contribution in [0.1, 0.15) is 23.6 Å². The Labute approximate surface area is 125 Å². The molecule has 0 aliphatic heterocycles. The van der Waals surface area contributed by atoms with E-state index >= 15 is 0 Å². The second-order valence-corrected chi connectivity index (χ2v) is 5.48. The van der Waals surface area contributed by atoms with Crippen LogP contribution in [0.25, 0.3) is 0 Å². The zero-order valence-electron chi connectivity index (χ0n) is 11.7. The average Bonchev–Trinajstić information content (AvgIpc) is 2.46. The molecule has 1 atom stereocenters. The maximum absolute atomic E-state index is 6.20. The van der Waals surface area contributed by atoms with Crippen LogP contribution in [0.15, 0.2) is 48.8 Å². The third-order valence-corrected chi connectivity index (χ3v) is 3.55. The fourth-order valence-corrected chi connectivity index (χ4v) is 2.24. The van der Waals surface area contributed by atoms with Crippen molar-refractivity contribution in [3.63, 3.8) is 0 Å². The molecule has 0 saturated heterocycles. The van der Waals surface area contributed by atoms with Gasteiger partial charge in [-0.1, -0.05) is 29.8 Å². The van der Waals surface area contributed by atoms with E-state index in [2.05, 4.69) is 23.0 Å². The lowest BCUT2D eigenvalue weighted by Crippen LogP contribution is -2.23. The molecule has 0 saturated carbocycles. The van der Waals surface area contributed by atoms with Gasteiger partial charge in [-0.3, -0.25) is 4.98 Å². The third-order valence-electron chi connectivity index (χ3n) is 3.30. The first-order chi connectivity index (χ1) is 9.65. The Kier molecular flexibility index (Phi) is 5.53. The highest BCUT2D eigenvalue weighted by Gasteiger charge is 2.08. The molecule has 0 fully saturated rings. The smallest absolute Gasteiger partial charge is 0.0406 e. The lowest BCUT2D eigenvalue weighted by Gasteiger charge is -2.19. The summed E-state index contributed by atoms with van der Waals surface area (Å²) in [5, 5.41) is 0.745. The van der Waals surface area contributed by atoms with Gasteiger partial charge < -0.3 is 10.6 Å². The van der Waals surface area contributed by atoms with Gasteiger partial charge in [0.15, 0.2) is 0 Å². The maximum atomic E-state index is 6.20. The van der Waals surface area contributed by atoms with E-state index in [9.17, 15) is 0 Å². The molecule has 0 bridgehead atoms. The SMILES string of the molecule is CN(CCC(N)c1ccc(Cl)cc1)Cc1cccnc1. The number of halogens is 1. The Morgan fingerprint density at radius 3 is 2.65 bits per heavy atom.